The van der Waals surface area contributed by atoms with Gasteiger partial charge in [0.05, 0.1) is 29.7 Å². The number of nitrogens with zero attached hydrogens (tertiary/aromatic N) is 3. The van der Waals surface area contributed by atoms with Crippen LogP contribution in [0.3, 0.4) is 0 Å². The number of amides is 1. The third kappa shape index (κ3) is 4.86. The van der Waals surface area contributed by atoms with Gasteiger partial charge in [0, 0.05) is 23.8 Å². The van der Waals surface area contributed by atoms with Crippen molar-refractivity contribution in [2.45, 2.75) is 26.2 Å². The minimum absolute atomic E-state index is 0.261. The van der Waals surface area contributed by atoms with Gasteiger partial charge in [0.25, 0.3) is 5.91 Å². The first-order valence-corrected chi connectivity index (χ1v) is 10.0. The van der Waals surface area contributed by atoms with Crippen molar-refractivity contribution in [1.82, 2.24) is 20.3 Å². The van der Waals surface area contributed by atoms with Crippen LogP contribution in [0.15, 0.2) is 42.9 Å². The first-order chi connectivity index (χ1) is 14.2. The second-order valence-electron chi connectivity index (χ2n) is 7.37. The van der Waals surface area contributed by atoms with Crippen molar-refractivity contribution in [1.29, 1.82) is 0 Å². The largest absolute Gasteiger partial charge is 0.493 e. The number of fused-ring (bicyclic) bond motifs is 1. The Kier molecular flexibility index (Phi) is 5.95. The number of aryl methyl sites for hydroxylation is 1. The van der Waals surface area contributed by atoms with Crippen LogP contribution < -0.4 is 15.4 Å². The molecular weight excluding hydrogens is 366 g/mol. The molecule has 2 N–H and O–H groups in total. The van der Waals surface area contributed by atoms with Gasteiger partial charge in [-0.05, 0) is 57.3 Å². The lowest BCUT2D eigenvalue weighted by molar-refractivity contribution is 0.102. The van der Waals surface area contributed by atoms with Crippen molar-refractivity contribution in [2.24, 2.45) is 5.92 Å². The van der Waals surface area contributed by atoms with E-state index in [0.29, 0.717) is 23.7 Å². The Labute approximate surface area is 169 Å². The van der Waals surface area contributed by atoms with Crippen LogP contribution >= 0.6 is 0 Å². The number of rotatable bonds is 6. The van der Waals surface area contributed by atoms with E-state index >= 15 is 0 Å². The number of ether oxygens (including phenoxy) is 1. The molecule has 1 amide bonds. The zero-order valence-corrected chi connectivity index (χ0v) is 16.5. The van der Waals surface area contributed by atoms with Crippen molar-refractivity contribution in [3.8, 4) is 5.75 Å². The van der Waals surface area contributed by atoms with Gasteiger partial charge in [0.2, 0.25) is 0 Å². The molecule has 4 rings (SSSR count). The Balaban J connectivity index is 1.50. The maximum Gasteiger partial charge on any atom is 0.275 e. The van der Waals surface area contributed by atoms with Crippen molar-refractivity contribution in [3.05, 3.63) is 54.2 Å². The Morgan fingerprint density at radius 1 is 1.21 bits per heavy atom. The molecule has 7 nitrogen and oxygen atoms in total. The molecule has 29 heavy (non-hydrogen) atoms. The summed E-state index contributed by atoms with van der Waals surface area (Å²) < 4.78 is 6.03. The lowest BCUT2D eigenvalue weighted by atomic mass is 9.95. The standard InChI is InChI=1S/C22H25N5O2/c1-15-13-26-20(14-25-15)22(28)27-19-12-18(11-17-3-2-7-24-21(17)19)29-10-6-16-4-8-23-9-5-16/h2-3,7,11-14,16,23H,4-6,8-10H2,1H3,(H,27,28). The molecule has 0 radical (unpaired) electrons. The summed E-state index contributed by atoms with van der Waals surface area (Å²) in [7, 11) is 0. The summed E-state index contributed by atoms with van der Waals surface area (Å²) in [4.78, 5) is 25.3. The van der Waals surface area contributed by atoms with Crippen molar-refractivity contribution < 1.29 is 9.53 Å². The molecule has 0 aliphatic carbocycles. The Hall–Kier alpha value is -3.06. The van der Waals surface area contributed by atoms with Gasteiger partial charge in [0.15, 0.2) is 0 Å². The molecule has 1 fully saturated rings. The molecule has 150 valence electrons. The zero-order valence-electron chi connectivity index (χ0n) is 16.5. The van der Waals surface area contributed by atoms with Gasteiger partial charge in [-0.1, -0.05) is 6.07 Å². The monoisotopic (exact) mass is 391 g/mol. The average molecular weight is 391 g/mol. The molecule has 0 spiro atoms. The van der Waals surface area contributed by atoms with Crippen LogP contribution in [0.1, 0.15) is 35.4 Å². The van der Waals surface area contributed by atoms with E-state index in [2.05, 4.69) is 25.6 Å². The minimum atomic E-state index is -0.323. The van der Waals surface area contributed by atoms with E-state index < -0.39 is 0 Å². The van der Waals surface area contributed by atoms with Crippen molar-refractivity contribution >= 4 is 22.5 Å². The molecule has 0 unspecified atom stereocenters. The molecule has 0 atom stereocenters. The van der Waals surface area contributed by atoms with E-state index in [1.54, 1.807) is 12.4 Å². The number of hydrogen-bond donors (Lipinski definition) is 2. The summed E-state index contributed by atoms with van der Waals surface area (Å²) in [6.07, 6.45) is 8.19. The van der Waals surface area contributed by atoms with Gasteiger partial charge >= 0.3 is 0 Å². The fourth-order valence-electron chi connectivity index (χ4n) is 3.55. The SMILES string of the molecule is Cc1cnc(C(=O)Nc2cc(OCCC3CCNCC3)cc3cccnc23)cn1. The number of piperidine rings is 1. The topological polar surface area (TPSA) is 89.0 Å². The lowest BCUT2D eigenvalue weighted by Crippen LogP contribution is -2.28. The Morgan fingerprint density at radius 2 is 2.07 bits per heavy atom. The first-order valence-electron chi connectivity index (χ1n) is 10.0. The molecule has 1 saturated heterocycles. The molecule has 0 saturated carbocycles. The summed E-state index contributed by atoms with van der Waals surface area (Å²) >= 11 is 0. The fourth-order valence-corrected chi connectivity index (χ4v) is 3.55. The second-order valence-corrected chi connectivity index (χ2v) is 7.37. The normalized spacial score (nSPS) is 14.7. The van der Waals surface area contributed by atoms with Crippen LogP contribution in [0.2, 0.25) is 0 Å². The molecule has 1 aliphatic heterocycles. The van der Waals surface area contributed by atoms with E-state index in [9.17, 15) is 4.79 Å². The van der Waals surface area contributed by atoms with Crippen LogP contribution in [-0.4, -0.2) is 40.6 Å². The molecule has 3 aromatic rings. The van der Waals surface area contributed by atoms with Gasteiger partial charge in [0.1, 0.15) is 11.4 Å². The molecule has 1 aliphatic rings. The molecular formula is C22H25N5O2. The van der Waals surface area contributed by atoms with Crippen LogP contribution in [0.25, 0.3) is 10.9 Å². The van der Waals surface area contributed by atoms with Gasteiger partial charge in [-0.2, -0.15) is 0 Å². The maximum absolute atomic E-state index is 12.6. The van der Waals surface area contributed by atoms with E-state index in [-0.39, 0.29) is 11.6 Å². The zero-order chi connectivity index (χ0) is 20.1. The lowest BCUT2D eigenvalue weighted by Gasteiger charge is -2.22. The summed E-state index contributed by atoms with van der Waals surface area (Å²) in [5.74, 6) is 1.11. The third-order valence-corrected chi connectivity index (χ3v) is 5.19. The smallest absolute Gasteiger partial charge is 0.275 e. The number of carbonyl (C=O) groups excluding carboxylic acids is 1. The summed E-state index contributed by atoms with van der Waals surface area (Å²) in [6.45, 7) is 4.67. The minimum Gasteiger partial charge on any atom is -0.493 e. The number of pyridine rings is 1. The average Bonchev–Trinajstić information content (AvgIpc) is 2.75. The summed E-state index contributed by atoms with van der Waals surface area (Å²) in [5.41, 5.74) is 2.34. The molecule has 3 heterocycles. The number of anilines is 1. The van der Waals surface area contributed by atoms with Gasteiger partial charge < -0.3 is 15.4 Å². The first kappa shape index (κ1) is 19.3. The van der Waals surface area contributed by atoms with Gasteiger partial charge in [-0.15, -0.1) is 0 Å². The molecule has 7 heteroatoms. The van der Waals surface area contributed by atoms with Crippen LogP contribution in [-0.2, 0) is 0 Å². The number of benzene rings is 1. The van der Waals surface area contributed by atoms with Crippen LogP contribution in [0, 0.1) is 12.8 Å². The number of aromatic nitrogens is 3. The number of nitrogens with one attached hydrogen (secondary N) is 2. The highest BCUT2D eigenvalue weighted by molar-refractivity contribution is 6.07. The molecule has 2 aromatic heterocycles. The van der Waals surface area contributed by atoms with E-state index in [1.165, 1.54) is 19.0 Å². The Morgan fingerprint density at radius 3 is 2.86 bits per heavy atom. The number of hydrogen-bond acceptors (Lipinski definition) is 6. The predicted molar refractivity (Wildman–Crippen MR) is 112 cm³/mol. The van der Waals surface area contributed by atoms with E-state index in [4.69, 9.17) is 4.74 Å². The van der Waals surface area contributed by atoms with Crippen LogP contribution in [0.5, 0.6) is 5.75 Å². The van der Waals surface area contributed by atoms with Gasteiger partial charge in [-0.3, -0.25) is 14.8 Å². The number of carbonyl (C=O) groups is 1. The van der Waals surface area contributed by atoms with Crippen molar-refractivity contribution in [2.75, 3.05) is 25.0 Å². The molecule has 0 bridgehead atoms. The highest BCUT2D eigenvalue weighted by Crippen LogP contribution is 2.29. The quantitative estimate of drug-likeness (QED) is 0.670. The highest BCUT2D eigenvalue weighted by atomic mass is 16.5. The summed E-state index contributed by atoms with van der Waals surface area (Å²) in [5, 5.41) is 7.21. The van der Waals surface area contributed by atoms with E-state index in [0.717, 1.165) is 36.3 Å². The Bertz CT molecular complexity index is 984. The highest BCUT2D eigenvalue weighted by Gasteiger charge is 2.15. The van der Waals surface area contributed by atoms with Crippen LogP contribution in [0.4, 0.5) is 5.69 Å². The fraction of sp³-hybridized carbons (Fsp3) is 0.364. The van der Waals surface area contributed by atoms with E-state index in [1.807, 2.05) is 31.2 Å². The molecule has 1 aromatic carbocycles. The maximum atomic E-state index is 12.6. The van der Waals surface area contributed by atoms with Gasteiger partial charge in [-0.25, -0.2) is 4.98 Å². The third-order valence-electron chi connectivity index (χ3n) is 5.19. The second kappa shape index (κ2) is 8.96. The van der Waals surface area contributed by atoms with Crippen molar-refractivity contribution in [3.63, 3.8) is 0 Å². The predicted octanol–water partition coefficient (Wildman–Crippen LogP) is 3.35. The summed E-state index contributed by atoms with van der Waals surface area (Å²) in [6, 6.07) is 7.63.